The summed E-state index contributed by atoms with van der Waals surface area (Å²) in [5.41, 5.74) is 5.60. The van der Waals surface area contributed by atoms with Gasteiger partial charge in [0.1, 0.15) is 0 Å². The van der Waals surface area contributed by atoms with E-state index in [1.165, 1.54) is 12.8 Å². The largest absolute Gasteiger partial charge is 0.352 e. The summed E-state index contributed by atoms with van der Waals surface area (Å²) >= 11 is 1.78. The third kappa shape index (κ3) is 6.28. The number of hydrogen-bond donors (Lipinski definition) is 2. The molecule has 0 heterocycles. The summed E-state index contributed by atoms with van der Waals surface area (Å²) in [6.07, 6.45) is 6.13. The Morgan fingerprint density at radius 3 is 2.73 bits per heavy atom. The lowest BCUT2D eigenvalue weighted by Crippen LogP contribution is -2.41. The maximum absolute atomic E-state index is 11.4. The van der Waals surface area contributed by atoms with Crippen LogP contribution in [-0.2, 0) is 4.79 Å². The van der Waals surface area contributed by atoms with E-state index in [4.69, 9.17) is 5.73 Å². The molecule has 1 aliphatic rings. The summed E-state index contributed by atoms with van der Waals surface area (Å²) < 4.78 is 0. The highest BCUT2D eigenvalue weighted by atomic mass is 35.5. The van der Waals surface area contributed by atoms with Crippen molar-refractivity contribution >= 4 is 30.1 Å². The number of hydrogen-bond acceptors (Lipinski definition) is 3. The topological polar surface area (TPSA) is 55.1 Å². The van der Waals surface area contributed by atoms with E-state index in [1.807, 2.05) is 0 Å². The number of carbonyl (C=O) groups excluding carboxylic acids is 1. The van der Waals surface area contributed by atoms with Gasteiger partial charge in [-0.05, 0) is 37.2 Å². The normalized spacial score (nSPS) is 16.7. The van der Waals surface area contributed by atoms with Crippen LogP contribution in [0.4, 0.5) is 0 Å². The number of nitrogens with two attached hydrogens (primary N) is 1. The minimum absolute atomic E-state index is 0. The number of carbonyl (C=O) groups is 1. The monoisotopic (exact) mass is 252 g/mol. The molecule has 1 rings (SSSR count). The van der Waals surface area contributed by atoms with Crippen molar-refractivity contribution in [3.05, 3.63) is 0 Å². The van der Waals surface area contributed by atoms with Crippen molar-refractivity contribution < 1.29 is 4.79 Å². The Labute approximate surface area is 102 Å². The highest BCUT2D eigenvalue weighted by Crippen LogP contribution is 2.32. The van der Waals surface area contributed by atoms with Gasteiger partial charge in [0.15, 0.2) is 0 Å². The first-order valence-electron chi connectivity index (χ1n) is 5.26. The summed E-state index contributed by atoms with van der Waals surface area (Å²) in [6, 6.07) is 0.233. The molecule has 0 aromatic rings. The molecule has 0 radical (unpaired) electrons. The zero-order chi connectivity index (χ0) is 10.4. The van der Waals surface area contributed by atoms with Gasteiger partial charge in [-0.15, -0.1) is 12.4 Å². The van der Waals surface area contributed by atoms with Crippen molar-refractivity contribution in [2.45, 2.75) is 31.7 Å². The second kappa shape index (κ2) is 8.25. The molecule has 1 aliphatic carbocycles. The first kappa shape index (κ1) is 15.1. The number of nitrogens with one attached hydrogen (secondary N) is 1. The minimum atomic E-state index is 0. The molecule has 15 heavy (non-hydrogen) atoms. The third-order valence-electron chi connectivity index (χ3n) is 2.54. The molecular formula is C10H21ClN2OS. The average molecular weight is 253 g/mol. The fourth-order valence-corrected chi connectivity index (χ4v) is 1.96. The van der Waals surface area contributed by atoms with E-state index in [9.17, 15) is 4.79 Å². The van der Waals surface area contributed by atoms with Crippen LogP contribution < -0.4 is 11.1 Å². The van der Waals surface area contributed by atoms with Crippen molar-refractivity contribution in [1.29, 1.82) is 0 Å². The number of amides is 1. The van der Waals surface area contributed by atoms with E-state index in [2.05, 4.69) is 11.6 Å². The lowest BCUT2D eigenvalue weighted by Gasteiger charge is -2.15. The molecule has 0 aliphatic heterocycles. The molecule has 0 aromatic carbocycles. The molecule has 1 saturated carbocycles. The SMILES string of the molecule is CSCCCC(=O)NC(CN)C1CC1.Cl. The molecule has 3 nitrogen and oxygen atoms in total. The Hall–Kier alpha value is 0.0700. The molecule has 1 amide bonds. The van der Waals surface area contributed by atoms with Crippen LogP contribution in [-0.4, -0.2) is 30.5 Å². The molecule has 0 saturated heterocycles. The fraction of sp³-hybridized carbons (Fsp3) is 0.900. The quantitative estimate of drug-likeness (QED) is 0.674. The number of rotatable bonds is 7. The van der Waals surface area contributed by atoms with Crippen molar-refractivity contribution in [2.75, 3.05) is 18.6 Å². The summed E-state index contributed by atoms with van der Waals surface area (Å²) in [5, 5.41) is 3.01. The van der Waals surface area contributed by atoms with E-state index >= 15 is 0 Å². The highest BCUT2D eigenvalue weighted by Gasteiger charge is 2.30. The first-order valence-corrected chi connectivity index (χ1v) is 6.65. The zero-order valence-electron chi connectivity index (χ0n) is 9.20. The Morgan fingerprint density at radius 1 is 1.60 bits per heavy atom. The van der Waals surface area contributed by atoms with Gasteiger partial charge in [-0.1, -0.05) is 0 Å². The number of thioether (sulfide) groups is 1. The minimum Gasteiger partial charge on any atom is -0.352 e. The van der Waals surface area contributed by atoms with Crippen LogP contribution in [0.25, 0.3) is 0 Å². The van der Waals surface area contributed by atoms with Crippen molar-refractivity contribution in [1.82, 2.24) is 5.32 Å². The van der Waals surface area contributed by atoms with Gasteiger partial charge in [0, 0.05) is 19.0 Å². The van der Waals surface area contributed by atoms with Gasteiger partial charge >= 0.3 is 0 Å². The van der Waals surface area contributed by atoms with Crippen molar-refractivity contribution in [3.63, 3.8) is 0 Å². The zero-order valence-corrected chi connectivity index (χ0v) is 10.8. The van der Waals surface area contributed by atoms with Gasteiger partial charge in [0.25, 0.3) is 0 Å². The van der Waals surface area contributed by atoms with Gasteiger partial charge in [-0.3, -0.25) is 4.79 Å². The Bertz CT molecular complexity index is 188. The van der Waals surface area contributed by atoms with Crippen molar-refractivity contribution in [2.24, 2.45) is 11.7 Å². The Balaban J connectivity index is 0.00000196. The van der Waals surface area contributed by atoms with Gasteiger partial charge in [0.2, 0.25) is 5.91 Å². The second-order valence-electron chi connectivity index (χ2n) is 3.84. The maximum atomic E-state index is 11.4. The average Bonchev–Trinajstić information content (AvgIpc) is 2.98. The van der Waals surface area contributed by atoms with Crippen molar-refractivity contribution in [3.8, 4) is 0 Å². The molecule has 90 valence electrons. The van der Waals surface area contributed by atoms with Crippen LogP contribution in [0, 0.1) is 5.92 Å². The van der Waals surface area contributed by atoms with E-state index in [1.54, 1.807) is 11.8 Å². The van der Waals surface area contributed by atoms with E-state index < -0.39 is 0 Å². The first-order chi connectivity index (χ1) is 6.77. The van der Waals surface area contributed by atoms with Crippen LogP contribution in [0.1, 0.15) is 25.7 Å². The smallest absolute Gasteiger partial charge is 0.220 e. The van der Waals surface area contributed by atoms with Crippen LogP contribution in [0.15, 0.2) is 0 Å². The summed E-state index contributed by atoms with van der Waals surface area (Å²) in [4.78, 5) is 11.4. The Kier molecular flexibility index (Phi) is 8.29. The molecule has 1 unspecified atom stereocenters. The van der Waals surface area contributed by atoms with Gasteiger partial charge in [-0.25, -0.2) is 0 Å². The van der Waals surface area contributed by atoms with Gasteiger partial charge in [0.05, 0.1) is 0 Å². The van der Waals surface area contributed by atoms with E-state index in [-0.39, 0.29) is 24.4 Å². The maximum Gasteiger partial charge on any atom is 0.220 e. The van der Waals surface area contributed by atoms with Gasteiger partial charge < -0.3 is 11.1 Å². The predicted octanol–water partition coefficient (Wildman–Crippen LogP) is 1.40. The van der Waals surface area contributed by atoms with E-state index in [0.717, 1.165) is 12.2 Å². The van der Waals surface area contributed by atoms with E-state index in [0.29, 0.717) is 18.9 Å². The van der Waals surface area contributed by atoms with Crippen LogP contribution in [0.5, 0.6) is 0 Å². The molecule has 0 aromatic heterocycles. The molecule has 5 heteroatoms. The van der Waals surface area contributed by atoms with Crippen LogP contribution in [0.3, 0.4) is 0 Å². The molecule has 0 bridgehead atoms. The molecule has 0 spiro atoms. The molecule has 1 atom stereocenters. The summed E-state index contributed by atoms with van der Waals surface area (Å²) in [7, 11) is 0. The van der Waals surface area contributed by atoms with Crippen LogP contribution in [0.2, 0.25) is 0 Å². The Morgan fingerprint density at radius 2 is 2.27 bits per heavy atom. The second-order valence-corrected chi connectivity index (χ2v) is 4.83. The summed E-state index contributed by atoms with van der Waals surface area (Å²) in [5.74, 6) is 1.88. The molecule has 3 N–H and O–H groups in total. The third-order valence-corrected chi connectivity index (χ3v) is 3.24. The summed E-state index contributed by atoms with van der Waals surface area (Å²) in [6.45, 7) is 0.582. The predicted molar refractivity (Wildman–Crippen MR) is 68.6 cm³/mol. The number of halogens is 1. The van der Waals surface area contributed by atoms with Crippen LogP contribution >= 0.6 is 24.2 Å². The lowest BCUT2D eigenvalue weighted by molar-refractivity contribution is -0.121. The van der Waals surface area contributed by atoms with Gasteiger partial charge in [-0.2, -0.15) is 11.8 Å². The molecular weight excluding hydrogens is 232 g/mol. The standard InChI is InChI=1S/C10H20N2OS.ClH/c1-14-6-2-3-10(13)12-9(7-11)8-4-5-8;/h8-9H,2-7,11H2,1H3,(H,12,13);1H. The molecule has 1 fully saturated rings. The fourth-order valence-electron chi connectivity index (χ4n) is 1.52. The lowest BCUT2D eigenvalue weighted by atomic mass is 10.2. The highest BCUT2D eigenvalue weighted by molar-refractivity contribution is 7.98.